The Morgan fingerprint density at radius 3 is 2.95 bits per heavy atom. The highest BCUT2D eigenvalue weighted by atomic mass is 32.2. The van der Waals surface area contributed by atoms with E-state index in [4.69, 9.17) is 0 Å². The van der Waals surface area contributed by atoms with E-state index >= 15 is 0 Å². The average molecular weight is 332 g/mol. The fourth-order valence-corrected chi connectivity index (χ4v) is 5.60. The number of carbonyl (C=O) groups excluding carboxylic acids is 1. The van der Waals surface area contributed by atoms with Crippen LogP contribution in [0.2, 0.25) is 0 Å². The van der Waals surface area contributed by atoms with E-state index in [9.17, 15) is 13.2 Å². The first-order chi connectivity index (χ1) is 10.0. The van der Waals surface area contributed by atoms with Crippen LogP contribution in [-0.4, -0.2) is 52.0 Å². The van der Waals surface area contributed by atoms with Gasteiger partial charge in [0.25, 0.3) is 0 Å². The van der Waals surface area contributed by atoms with Gasteiger partial charge in [-0.25, -0.2) is 13.2 Å². The molecule has 2 heterocycles. The Bertz CT molecular complexity index is 595. The molecular weight excluding hydrogens is 312 g/mol. The number of esters is 1. The second-order valence-electron chi connectivity index (χ2n) is 4.93. The number of hydrogen-bond acceptors (Lipinski definition) is 6. The molecule has 0 aromatic carbocycles. The molecule has 0 spiro atoms. The number of likely N-dealkylation sites (N-methyl/N-ethyl adjacent to an activating group) is 1. The first-order valence-corrected chi connectivity index (χ1v) is 9.16. The Labute approximate surface area is 129 Å². The number of carbonyl (C=O) groups is 1. The Balaban J connectivity index is 2.36. The second-order valence-corrected chi connectivity index (χ2v) is 7.70. The molecule has 8 heteroatoms. The third-order valence-electron chi connectivity index (χ3n) is 3.60. The minimum absolute atomic E-state index is 0.0577. The molecule has 0 amide bonds. The third-order valence-corrected chi connectivity index (χ3v) is 6.62. The summed E-state index contributed by atoms with van der Waals surface area (Å²) in [5, 5.41) is 4.65. The third kappa shape index (κ3) is 3.28. The molecule has 0 saturated carbocycles. The lowest BCUT2D eigenvalue weighted by molar-refractivity contribution is 0.0602. The number of hydrogen-bond donors (Lipinski definition) is 1. The molecule has 118 valence electrons. The normalized spacial score (nSPS) is 20.4. The van der Waals surface area contributed by atoms with Gasteiger partial charge in [0.05, 0.1) is 7.11 Å². The van der Waals surface area contributed by atoms with Gasteiger partial charge >= 0.3 is 5.97 Å². The molecule has 1 fully saturated rings. The molecule has 1 unspecified atom stereocenters. The number of nitrogens with one attached hydrogen (secondary N) is 1. The van der Waals surface area contributed by atoms with Crippen molar-refractivity contribution in [3.63, 3.8) is 0 Å². The molecule has 1 aromatic heterocycles. The maximum Gasteiger partial charge on any atom is 0.349 e. The maximum atomic E-state index is 12.9. The van der Waals surface area contributed by atoms with Crippen LogP contribution in [0.15, 0.2) is 16.3 Å². The maximum absolute atomic E-state index is 12.9. The SMILES string of the molecule is CNCC1CCCCN1S(=O)(=O)c1ccsc1C(=O)OC. The van der Waals surface area contributed by atoms with Crippen LogP contribution in [0.4, 0.5) is 0 Å². The van der Waals surface area contributed by atoms with Crippen molar-refractivity contribution in [1.29, 1.82) is 0 Å². The molecule has 0 bridgehead atoms. The lowest BCUT2D eigenvalue weighted by Gasteiger charge is -2.34. The van der Waals surface area contributed by atoms with Gasteiger partial charge in [-0.1, -0.05) is 6.42 Å². The molecule has 6 nitrogen and oxygen atoms in total. The molecule has 1 aliphatic heterocycles. The number of methoxy groups -OCH3 is 1. The summed E-state index contributed by atoms with van der Waals surface area (Å²) >= 11 is 1.09. The predicted octanol–water partition coefficient (Wildman–Crippen LogP) is 1.30. The van der Waals surface area contributed by atoms with Crippen molar-refractivity contribution >= 4 is 27.3 Å². The van der Waals surface area contributed by atoms with E-state index < -0.39 is 16.0 Å². The van der Waals surface area contributed by atoms with E-state index in [0.29, 0.717) is 13.1 Å². The number of piperidine rings is 1. The summed E-state index contributed by atoms with van der Waals surface area (Å²) in [4.78, 5) is 11.9. The van der Waals surface area contributed by atoms with Crippen LogP contribution >= 0.6 is 11.3 Å². The highest BCUT2D eigenvalue weighted by Crippen LogP contribution is 2.30. The summed E-state index contributed by atoms with van der Waals surface area (Å²) < 4.78 is 31.9. The van der Waals surface area contributed by atoms with Crippen molar-refractivity contribution in [2.24, 2.45) is 0 Å². The zero-order valence-corrected chi connectivity index (χ0v) is 13.8. The Morgan fingerprint density at radius 1 is 1.52 bits per heavy atom. The summed E-state index contributed by atoms with van der Waals surface area (Å²) in [6.45, 7) is 1.10. The molecule has 0 radical (unpaired) electrons. The van der Waals surface area contributed by atoms with E-state index in [0.717, 1.165) is 30.6 Å². The van der Waals surface area contributed by atoms with Crippen molar-refractivity contribution in [1.82, 2.24) is 9.62 Å². The molecule has 1 N–H and O–H groups in total. The Kier molecular flexibility index (Phi) is 5.37. The fourth-order valence-electron chi connectivity index (χ4n) is 2.60. The first-order valence-electron chi connectivity index (χ1n) is 6.84. The summed E-state index contributed by atoms with van der Waals surface area (Å²) in [5.41, 5.74) is 0. The van der Waals surface area contributed by atoms with Gasteiger partial charge in [-0.05, 0) is 31.3 Å². The summed E-state index contributed by atoms with van der Waals surface area (Å²) in [7, 11) is -0.610. The van der Waals surface area contributed by atoms with Gasteiger partial charge in [0.1, 0.15) is 9.77 Å². The highest BCUT2D eigenvalue weighted by molar-refractivity contribution is 7.89. The van der Waals surface area contributed by atoms with Crippen LogP contribution in [0.1, 0.15) is 28.9 Å². The van der Waals surface area contributed by atoms with Crippen LogP contribution in [0.5, 0.6) is 0 Å². The molecule has 1 saturated heterocycles. The van der Waals surface area contributed by atoms with Crippen LogP contribution in [0.3, 0.4) is 0 Å². The van der Waals surface area contributed by atoms with Gasteiger partial charge in [0.15, 0.2) is 0 Å². The van der Waals surface area contributed by atoms with E-state index in [1.54, 1.807) is 5.38 Å². The minimum Gasteiger partial charge on any atom is -0.465 e. The minimum atomic E-state index is -3.67. The van der Waals surface area contributed by atoms with E-state index in [2.05, 4.69) is 10.1 Å². The van der Waals surface area contributed by atoms with Crippen LogP contribution in [0.25, 0.3) is 0 Å². The lowest BCUT2D eigenvalue weighted by Crippen LogP contribution is -2.48. The Hall–Kier alpha value is -0.960. The molecule has 2 rings (SSSR count). The molecule has 1 aromatic rings. The quantitative estimate of drug-likeness (QED) is 0.823. The van der Waals surface area contributed by atoms with Crippen molar-refractivity contribution in [3.8, 4) is 0 Å². The van der Waals surface area contributed by atoms with Crippen LogP contribution in [-0.2, 0) is 14.8 Å². The monoisotopic (exact) mass is 332 g/mol. The van der Waals surface area contributed by atoms with Crippen molar-refractivity contribution < 1.29 is 17.9 Å². The van der Waals surface area contributed by atoms with Gasteiger partial charge in [-0.2, -0.15) is 4.31 Å². The topological polar surface area (TPSA) is 75.7 Å². The van der Waals surface area contributed by atoms with E-state index in [1.807, 2.05) is 7.05 Å². The van der Waals surface area contributed by atoms with Crippen molar-refractivity contribution in [3.05, 3.63) is 16.3 Å². The molecule has 1 aliphatic rings. The Morgan fingerprint density at radius 2 is 2.29 bits per heavy atom. The fraction of sp³-hybridized carbons (Fsp3) is 0.615. The van der Waals surface area contributed by atoms with Crippen molar-refractivity contribution in [2.75, 3.05) is 27.2 Å². The number of sulfonamides is 1. The van der Waals surface area contributed by atoms with Gasteiger partial charge in [0, 0.05) is 19.1 Å². The van der Waals surface area contributed by atoms with Gasteiger partial charge in [0.2, 0.25) is 10.0 Å². The van der Waals surface area contributed by atoms with E-state index in [1.165, 1.54) is 17.5 Å². The van der Waals surface area contributed by atoms with Crippen LogP contribution < -0.4 is 5.32 Å². The summed E-state index contributed by atoms with van der Waals surface area (Å²) in [6, 6.07) is 1.41. The highest BCUT2D eigenvalue weighted by Gasteiger charge is 2.36. The smallest absolute Gasteiger partial charge is 0.349 e. The number of thiophene rings is 1. The number of nitrogens with zero attached hydrogens (tertiary/aromatic N) is 1. The summed E-state index contributed by atoms with van der Waals surface area (Å²) in [5.74, 6) is -0.606. The van der Waals surface area contributed by atoms with Crippen LogP contribution in [0, 0.1) is 0 Å². The zero-order chi connectivity index (χ0) is 15.5. The standard InChI is InChI=1S/C13H20N2O4S2/c1-14-9-10-5-3-4-7-15(10)21(17,18)11-6-8-20-12(11)13(16)19-2/h6,8,10,14H,3-5,7,9H2,1-2H3. The lowest BCUT2D eigenvalue weighted by atomic mass is 10.1. The molecule has 1 atom stereocenters. The van der Waals surface area contributed by atoms with E-state index in [-0.39, 0.29) is 15.8 Å². The average Bonchev–Trinajstić information content (AvgIpc) is 2.97. The first kappa shape index (κ1) is 16.4. The summed E-state index contributed by atoms with van der Waals surface area (Å²) in [6.07, 6.45) is 2.70. The molecular formula is C13H20N2O4S2. The van der Waals surface area contributed by atoms with Gasteiger partial charge in [-0.3, -0.25) is 0 Å². The zero-order valence-electron chi connectivity index (χ0n) is 12.2. The number of rotatable bonds is 5. The molecule has 21 heavy (non-hydrogen) atoms. The number of ether oxygens (including phenoxy) is 1. The largest absolute Gasteiger partial charge is 0.465 e. The van der Waals surface area contributed by atoms with Gasteiger partial charge in [-0.15, -0.1) is 11.3 Å². The van der Waals surface area contributed by atoms with Crippen molar-refractivity contribution in [2.45, 2.75) is 30.2 Å². The molecule has 0 aliphatic carbocycles. The second kappa shape index (κ2) is 6.87. The predicted molar refractivity (Wildman–Crippen MR) is 81.1 cm³/mol. The van der Waals surface area contributed by atoms with Gasteiger partial charge < -0.3 is 10.1 Å².